The first-order chi connectivity index (χ1) is 10.8. The van der Waals surface area contributed by atoms with Crippen LogP contribution in [-0.2, 0) is 27.6 Å². The van der Waals surface area contributed by atoms with Gasteiger partial charge >= 0.3 is 0 Å². The first kappa shape index (κ1) is 20.9. The van der Waals surface area contributed by atoms with Crippen molar-refractivity contribution in [3.8, 4) is 0 Å². The number of rotatable bonds is 6. The van der Waals surface area contributed by atoms with E-state index in [4.69, 9.17) is 0 Å². The third-order valence-electron chi connectivity index (χ3n) is 3.71. The molecule has 8 heteroatoms. The van der Waals surface area contributed by atoms with Gasteiger partial charge in [-0.1, -0.05) is 19.9 Å². The van der Waals surface area contributed by atoms with E-state index in [-0.39, 0.29) is 41.9 Å². The standard InChI is InChI=1S/C16H23FN2O3S.ClH/c1-11(2)10-23(21,22)8-6-15(20)19-14-4-3-12-9-18-7-5-13(12)16(14)17;/h3-4,11,18H,5-10H2,1-2H3,(H,19,20);1H. The summed E-state index contributed by atoms with van der Waals surface area (Å²) >= 11 is 0. The van der Waals surface area contributed by atoms with E-state index in [2.05, 4.69) is 10.6 Å². The van der Waals surface area contributed by atoms with E-state index in [0.717, 1.165) is 5.56 Å². The van der Waals surface area contributed by atoms with Crippen molar-refractivity contribution in [2.45, 2.75) is 33.2 Å². The molecule has 2 rings (SSSR count). The van der Waals surface area contributed by atoms with Crippen molar-refractivity contribution in [1.82, 2.24) is 5.32 Å². The van der Waals surface area contributed by atoms with Crippen LogP contribution in [0.2, 0.25) is 0 Å². The van der Waals surface area contributed by atoms with Crippen LogP contribution in [0, 0.1) is 11.7 Å². The molecule has 1 aliphatic heterocycles. The Morgan fingerprint density at radius 1 is 1.38 bits per heavy atom. The molecule has 0 bridgehead atoms. The summed E-state index contributed by atoms with van der Waals surface area (Å²) in [6.07, 6.45) is 0.417. The fourth-order valence-electron chi connectivity index (χ4n) is 2.68. The van der Waals surface area contributed by atoms with Crippen LogP contribution in [0.25, 0.3) is 0 Å². The quantitative estimate of drug-likeness (QED) is 0.796. The van der Waals surface area contributed by atoms with Gasteiger partial charge in [0.05, 0.1) is 17.2 Å². The number of hydrogen-bond acceptors (Lipinski definition) is 4. The van der Waals surface area contributed by atoms with Crippen LogP contribution in [-0.4, -0.2) is 32.4 Å². The number of amides is 1. The molecule has 0 saturated heterocycles. The molecule has 1 aliphatic rings. The highest BCUT2D eigenvalue weighted by atomic mass is 35.5. The normalized spacial score (nSPS) is 14.0. The summed E-state index contributed by atoms with van der Waals surface area (Å²) in [4.78, 5) is 11.9. The van der Waals surface area contributed by atoms with E-state index < -0.39 is 21.6 Å². The molecule has 1 aromatic rings. The number of nitrogens with one attached hydrogen (secondary N) is 2. The van der Waals surface area contributed by atoms with Crippen LogP contribution in [0.1, 0.15) is 31.4 Å². The highest BCUT2D eigenvalue weighted by molar-refractivity contribution is 7.91. The number of benzene rings is 1. The lowest BCUT2D eigenvalue weighted by atomic mass is 9.99. The van der Waals surface area contributed by atoms with Gasteiger partial charge < -0.3 is 10.6 Å². The smallest absolute Gasteiger partial charge is 0.225 e. The van der Waals surface area contributed by atoms with Crippen LogP contribution in [0.4, 0.5) is 10.1 Å². The fourth-order valence-corrected chi connectivity index (χ4v) is 4.36. The van der Waals surface area contributed by atoms with E-state index in [0.29, 0.717) is 25.1 Å². The number of hydrogen-bond donors (Lipinski definition) is 2. The van der Waals surface area contributed by atoms with Gasteiger partial charge in [0.2, 0.25) is 5.91 Å². The monoisotopic (exact) mass is 378 g/mol. The highest BCUT2D eigenvalue weighted by Gasteiger charge is 2.19. The van der Waals surface area contributed by atoms with Crippen molar-refractivity contribution in [3.05, 3.63) is 29.1 Å². The van der Waals surface area contributed by atoms with Gasteiger partial charge in [0.15, 0.2) is 9.84 Å². The molecule has 0 radical (unpaired) electrons. The van der Waals surface area contributed by atoms with Crippen molar-refractivity contribution >= 4 is 33.8 Å². The minimum Gasteiger partial charge on any atom is -0.324 e. The van der Waals surface area contributed by atoms with Gasteiger partial charge in [-0.15, -0.1) is 12.4 Å². The van der Waals surface area contributed by atoms with Gasteiger partial charge in [-0.25, -0.2) is 12.8 Å². The maximum Gasteiger partial charge on any atom is 0.225 e. The Morgan fingerprint density at radius 3 is 2.75 bits per heavy atom. The molecule has 5 nitrogen and oxygen atoms in total. The zero-order valence-electron chi connectivity index (χ0n) is 13.9. The van der Waals surface area contributed by atoms with Crippen LogP contribution < -0.4 is 10.6 Å². The second-order valence-electron chi connectivity index (χ2n) is 6.30. The first-order valence-corrected chi connectivity index (χ1v) is 9.62. The van der Waals surface area contributed by atoms with Gasteiger partial charge in [0.25, 0.3) is 0 Å². The van der Waals surface area contributed by atoms with Crippen molar-refractivity contribution < 1.29 is 17.6 Å². The van der Waals surface area contributed by atoms with Crippen molar-refractivity contribution in [1.29, 1.82) is 0 Å². The molecule has 0 spiro atoms. The van der Waals surface area contributed by atoms with E-state index in [1.54, 1.807) is 6.07 Å². The van der Waals surface area contributed by atoms with Crippen LogP contribution in [0.15, 0.2) is 12.1 Å². The van der Waals surface area contributed by atoms with Crippen molar-refractivity contribution in [2.24, 2.45) is 5.92 Å². The molecular formula is C16H24ClFN2O3S. The third kappa shape index (κ3) is 5.72. The van der Waals surface area contributed by atoms with E-state index >= 15 is 0 Å². The Kier molecular flexibility index (Phi) is 7.63. The largest absolute Gasteiger partial charge is 0.324 e. The molecule has 1 heterocycles. The Balaban J connectivity index is 0.00000288. The van der Waals surface area contributed by atoms with E-state index in [1.807, 2.05) is 13.8 Å². The lowest BCUT2D eigenvalue weighted by molar-refractivity contribution is -0.115. The minimum absolute atomic E-state index is 0. The molecule has 0 saturated carbocycles. The number of carbonyl (C=O) groups excluding carboxylic acids is 1. The van der Waals surface area contributed by atoms with E-state index in [9.17, 15) is 17.6 Å². The molecule has 24 heavy (non-hydrogen) atoms. The summed E-state index contributed by atoms with van der Waals surface area (Å²) in [5, 5.41) is 5.65. The molecular weight excluding hydrogens is 355 g/mol. The highest BCUT2D eigenvalue weighted by Crippen LogP contribution is 2.24. The van der Waals surface area contributed by atoms with E-state index in [1.165, 1.54) is 6.07 Å². The summed E-state index contributed by atoms with van der Waals surface area (Å²) in [6.45, 7) is 4.95. The maximum atomic E-state index is 14.4. The SMILES string of the molecule is CC(C)CS(=O)(=O)CCC(=O)Nc1ccc2c(c1F)CCNC2.Cl. The predicted octanol–water partition coefficient (Wildman–Crippen LogP) is 2.29. The molecule has 1 aromatic carbocycles. The van der Waals surface area contributed by atoms with Crippen LogP contribution in [0.3, 0.4) is 0 Å². The number of fused-ring (bicyclic) bond motifs is 1. The van der Waals surface area contributed by atoms with Gasteiger partial charge in [0, 0.05) is 13.0 Å². The Labute approximate surface area is 148 Å². The lowest BCUT2D eigenvalue weighted by Gasteiger charge is -2.19. The van der Waals surface area contributed by atoms with Crippen molar-refractivity contribution in [2.75, 3.05) is 23.4 Å². The summed E-state index contributed by atoms with van der Waals surface area (Å²) < 4.78 is 38.0. The van der Waals surface area contributed by atoms with Gasteiger partial charge in [-0.05, 0) is 36.1 Å². The van der Waals surface area contributed by atoms with Gasteiger partial charge in [-0.2, -0.15) is 0 Å². The maximum absolute atomic E-state index is 14.4. The summed E-state index contributed by atoms with van der Waals surface area (Å²) in [7, 11) is -3.26. The molecule has 0 aromatic heterocycles. The number of carbonyl (C=O) groups is 1. The average Bonchev–Trinajstić information content (AvgIpc) is 2.47. The van der Waals surface area contributed by atoms with Crippen LogP contribution >= 0.6 is 12.4 Å². The lowest BCUT2D eigenvalue weighted by Crippen LogP contribution is -2.25. The molecule has 1 amide bonds. The second kappa shape index (κ2) is 8.78. The van der Waals surface area contributed by atoms with Gasteiger partial charge in [0.1, 0.15) is 5.82 Å². The Morgan fingerprint density at radius 2 is 2.08 bits per heavy atom. The van der Waals surface area contributed by atoms with Gasteiger partial charge in [-0.3, -0.25) is 4.79 Å². The second-order valence-corrected chi connectivity index (χ2v) is 8.53. The first-order valence-electron chi connectivity index (χ1n) is 7.80. The minimum atomic E-state index is -3.26. The Bertz CT molecular complexity index is 693. The average molecular weight is 379 g/mol. The molecule has 2 N–H and O–H groups in total. The summed E-state index contributed by atoms with van der Waals surface area (Å²) in [5.74, 6) is -1.03. The number of anilines is 1. The fraction of sp³-hybridized carbons (Fsp3) is 0.562. The molecule has 0 aliphatic carbocycles. The zero-order valence-corrected chi connectivity index (χ0v) is 15.5. The zero-order chi connectivity index (χ0) is 17.0. The number of sulfone groups is 1. The Hall–Kier alpha value is -1.18. The third-order valence-corrected chi connectivity index (χ3v) is 5.71. The van der Waals surface area contributed by atoms with Crippen LogP contribution in [0.5, 0.6) is 0 Å². The summed E-state index contributed by atoms with van der Waals surface area (Å²) in [6, 6.07) is 3.32. The summed E-state index contributed by atoms with van der Waals surface area (Å²) in [5.41, 5.74) is 1.64. The molecule has 0 fully saturated rings. The molecule has 136 valence electrons. The molecule has 0 atom stereocenters. The van der Waals surface area contributed by atoms with Crippen molar-refractivity contribution in [3.63, 3.8) is 0 Å². The molecule has 0 unspecified atom stereocenters. The topological polar surface area (TPSA) is 75.3 Å². The predicted molar refractivity (Wildman–Crippen MR) is 95.8 cm³/mol. The number of halogens is 2.